The first-order chi connectivity index (χ1) is 3.18. The normalized spacial score (nSPS) is 11.4. The molecular formula is C3H5N2O2. The van der Waals surface area contributed by atoms with Crippen molar-refractivity contribution in [3.8, 4) is 0 Å². The summed E-state index contributed by atoms with van der Waals surface area (Å²) in [6.07, 6.45) is 0. The third-order valence-electron chi connectivity index (χ3n) is 0.469. The first-order valence-corrected chi connectivity index (χ1v) is 1.61. The second kappa shape index (κ2) is 2.28. The number of aliphatic imine (C=N–C) groups is 1. The van der Waals surface area contributed by atoms with Crippen LogP contribution in [0.15, 0.2) is 4.99 Å². The van der Waals surface area contributed by atoms with Crippen LogP contribution in [0.25, 0.3) is 0 Å². The van der Waals surface area contributed by atoms with Gasteiger partial charge in [0.1, 0.15) is 7.05 Å². The first-order valence-electron chi connectivity index (χ1n) is 1.61. The second-order valence-corrected chi connectivity index (χ2v) is 0.897. The highest BCUT2D eigenvalue weighted by atomic mass is 16.6. The van der Waals surface area contributed by atoms with E-state index in [2.05, 4.69) is 11.9 Å². The van der Waals surface area contributed by atoms with Crippen molar-refractivity contribution in [3.63, 3.8) is 0 Å². The van der Waals surface area contributed by atoms with E-state index >= 15 is 0 Å². The Hall–Kier alpha value is -0.930. The van der Waals surface area contributed by atoms with Gasteiger partial charge in [-0.2, -0.15) is 0 Å². The second-order valence-electron chi connectivity index (χ2n) is 0.897. The number of nitrogens with zero attached hydrogens (tertiary/aromatic N) is 2. The van der Waals surface area contributed by atoms with Gasteiger partial charge in [0.05, 0.1) is 6.92 Å². The quantitative estimate of drug-likeness (QED) is 0.188. The Morgan fingerprint density at radius 1 is 2.00 bits per heavy atom. The van der Waals surface area contributed by atoms with Crippen LogP contribution in [0.3, 0.4) is 0 Å². The maximum Gasteiger partial charge on any atom is 0.333 e. The van der Waals surface area contributed by atoms with Gasteiger partial charge in [0, 0.05) is 0 Å². The SMILES string of the molecule is [CH2]C(=NC)[N+](=O)[O-]. The van der Waals surface area contributed by atoms with Crippen molar-refractivity contribution < 1.29 is 4.92 Å². The highest BCUT2D eigenvalue weighted by molar-refractivity contribution is 5.77. The molecule has 4 heteroatoms. The van der Waals surface area contributed by atoms with E-state index < -0.39 is 4.92 Å². The van der Waals surface area contributed by atoms with Crippen molar-refractivity contribution >= 4 is 5.84 Å². The number of nitro groups is 1. The Labute approximate surface area is 41.0 Å². The van der Waals surface area contributed by atoms with Crippen LogP contribution in [0.4, 0.5) is 0 Å². The monoisotopic (exact) mass is 101 g/mol. The van der Waals surface area contributed by atoms with Gasteiger partial charge in [0.2, 0.25) is 0 Å². The van der Waals surface area contributed by atoms with Crippen LogP contribution in [0.1, 0.15) is 0 Å². The van der Waals surface area contributed by atoms with Gasteiger partial charge in [0.15, 0.2) is 0 Å². The van der Waals surface area contributed by atoms with Crippen LogP contribution in [0.2, 0.25) is 0 Å². The van der Waals surface area contributed by atoms with Gasteiger partial charge < -0.3 is 10.1 Å². The molecule has 0 unspecified atom stereocenters. The molecule has 0 heterocycles. The maximum absolute atomic E-state index is 9.54. The number of rotatable bonds is 0. The zero-order chi connectivity index (χ0) is 5.86. The first kappa shape index (κ1) is 6.07. The summed E-state index contributed by atoms with van der Waals surface area (Å²) in [6.45, 7) is 3.01. The highest BCUT2D eigenvalue weighted by Crippen LogP contribution is 1.71. The molecule has 0 aromatic rings. The van der Waals surface area contributed by atoms with Crippen LogP contribution in [-0.2, 0) is 0 Å². The van der Waals surface area contributed by atoms with Crippen molar-refractivity contribution in [1.29, 1.82) is 0 Å². The van der Waals surface area contributed by atoms with Crippen molar-refractivity contribution in [2.75, 3.05) is 7.05 Å². The van der Waals surface area contributed by atoms with E-state index in [1.807, 2.05) is 0 Å². The van der Waals surface area contributed by atoms with Crippen LogP contribution in [0.5, 0.6) is 0 Å². The lowest BCUT2D eigenvalue weighted by Crippen LogP contribution is -2.05. The fourth-order valence-corrected chi connectivity index (χ4v) is 0.0816. The van der Waals surface area contributed by atoms with Gasteiger partial charge in [-0.05, 0) is 4.92 Å². The summed E-state index contributed by atoms with van der Waals surface area (Å²) >= 11 is 0. The Morgan fingerprint density at radius 3 is 2.43 bits per heavy atom. The van der Waals surface area contributed by atoms with E-state index in [4.69, 9.17) is 0 Å². The lowest BCUT2D eigenvalue weighted by atomic mass is 10.7. The smallest absolute Gasteiger partial charge is 0.333 e. The molecule has 0 saturated heterocycles. The predicted molar refractivity (Wildman–Crippen MR) is 25.7 cm³/mol. The summed E-state index contributed by atoms with van der Waals surface area (Å²) in [7, 11) is 1.32. The molecule has 0 aliphatic heterocycles. The minimum Gasteiger partial charge on any atom is -0.358 e. The van der Waals surface area contributed by atoms with Crippen molar-refractivity contribution in [1.82, 2.24) is 0 Å². The fourth-order valence-electron chi connectivity index (χ4n) is 0.0816. The van der Waals surface area contributed by atoms with E-state index in [9.17, 15) is 10.1 Å². The molecule has 0 spiro atoms. The lowest BCUT2D eigenvalue weighted by molar-refractivity contribution is -0.348. The van der Waals surface area contributed by atoms with Crippen molar-refractivity contribution in [2.45, 2.75) is 0 Å². The van der Waals surface area contributed by atoms with Gasteiger partial charge in [-0.1, -0.05) is 4.99 Å². The van der Waals surface area contributed by atoms with Crippen LogP contribution < -0.4 is 0 Å². The predicted octanol–water partition coefficient (Wildman–Crippen LogP) is 0.125. The fraction of sp³-hybridized carbons (Fsp3) is 0.333. The van der Waals surface area contributed by atoms with Gasteiger partial charge in [-0.25, -0.2) is 0 Å². The molecule has 0 aromatic carbocycles. The summed E-state index contributed by atoms with van der Waals surface area (Å²) in [5.74, 6) is -0.306. The minimum absolute atomic E-state index is 0.306. The van der Waals surface area contributed by atoms with Gasteiger partial charge in [0.25, 0.3) is 0 Å². The number of hydrogen-bond donors (Lipinski definition) is 0. The van der Waals surface area contributed by atoms with E-state index in [1.54, 1.807) is 0 Å². The van der Waals surface area contributed by atoms with Crippen molar-refractivity contribution in [2.24, 2.45) is 4.99 Å². The molecule has 4 nitrogen and oxygen atoms in total. The molecule has 0 fully saturated rings. The minimum atomic E-state index is -0.639. The molecule has 0 amide bonds. The zero-order valence-corrected chi connectivity index (χ0v) is 3.92. The van der Waals surface area contributed by atoms with Crippen LogP contribution in [-0.4, -0.2) is 17.8 Å². The Kier molecular flexibility index (Phi) is 1.98. The third kappa shape index (κ3) is 1.86. The van der Waals surface area contributed by atoms with E-state index in [1.165, 1.54) is 7.05 Å². The molecule has 7 heavy (non-hydrogen) atoms. The average molecular weight is 101 g/mol. The van der Waals surface area contributed by atoms with E-state index in [0.717, 1.165) is 0 Å². The van der Waals surface area contributed by atoms with E-state index in [-0.39, 0.29) is 5.84 Å². The van der Waals surface area contributed by atoms with Crippen LogP contribution >= 0.6 is 0 Å². The molecule has 0 bridgehead atoms. The maximum atomic E-state index is 9.54. The highest BCUT2D eigenvalue weighted by Gasteiger charge is 1.95. The topological polar surface area (TPSA) is 55.5 Å². The molecule has 0 aromatic heterocycles. The van der Waals surface area contributed by atoms with E-state index in [0.29, 0.717) is 0 Å². The van der Waals surface area contributed by atoms with Crippen molar-refractivity contribution in [3.05, 3.63) is 17.0 Å². The zero-order valence-electron chi connectivity index (χ0n) is 3.92. The molecule has 0 aliphatic carbocycles. The third-order valence-corrected chi connectivity index (χ3v) is 0.469. The summed E-state index contributed by atoms with van der Waals surface area (Å²) < 4.78 is 0. The Morgan fingerprint density at radius 2 is 2.43 bits per heavy atom. The molecule has 0 rings (SSSR count). The molecule has 0 saturated carbocycles. The summed E-state index contributed by atoms with van der Waals surface area (Å²) in [4.78, 5) is 12.1. The molecule has 0 aliphatic rings. The summed E-state index contributed by atoms with van der Waals surface area (Å²) in [5.41, 5.74) is 0. The lowest BCUT2D eigenvalue weighted by Gasteiger charge is -1.84. The molecule has 0 N–H and O–H groups in total. The van der Waals surface area contributed by atoms with Crippen LogP contribution in [0, 0.1) is 17.0 Å². The standard InChI is InChI=1S/C3H5N2O2/c1-3(4-2)5(6)7/h1H2,2H3. The molecule has 39 valence electrons. The van der Waals surface area contributed by atoms with Gasteiger partial charge in [-0.15, -0.1) is 0 Å². The van der Waals surface area contributed by atoms with Gasteiger partial charge in [-0.3, -0.25) is 0 Å². The Balaban J connectivity index is 3.82. The molecule has 1 radical (unpaired) electrons. The number of hydrogen-bond acceptors (Lipinski definition) is 3. The molecule has 0 atom stereocenters. The average Bonchev–Trinajstić information content (AvgIpc) is 1.65. The number of amidine groups is 1. The summed E-state index contributed by atoms with van der Waals surface area (Å²) in [5, 5.41) is 9.54. The van der Waals surface area contributed by atoms with Gasteiger partial charge >= 0.3 is 5.84 Å². The Bertz CT molecular complexity index is 108. The molecular weight excluding hydrogens is 96.0 g/mol. The largest absolute Gasteiger partial charge is 0.358 e. The summed E-state index contributed by atoms with van der Waals surface area (Å²) in [6, 6.07) is 0.